The summed E-state index contributed by atoms with van der Waals surface area (Å²) >= 11 is 0. The molecule has 0 bridgehead atoms. The van der Waals surface area contributed by atoms with E-state index in [1.807, 2.05) is 6.07 Å². The second kappa shape index (κ2) is 4.21. The molecule has 0 saturated heterocycles. The largest absolute Gasteiger partial charge is 0.236 e. The van der Waals surface area contributed by atoms with Gasteiger partial charge in [-0.05, 0) is 42.7 Å². The van der Waals surface area contributed by atoms with E-state index < -0.39 is 9.05 Å². The molecule has 0 aliphatic carbocycles. The van der Waals surface area contributed by atoms with Gasteiger partial charge in [0.2, 0.25) is 9.05 Å². The number of aryl methyl sites for hydroxylation is 2. The first kappa shape index (κ1) is 12.0. The van der Waals surface area contributed by atoms with E-state index >= 15 is 0 Å². The summed E-state index contributed by atoms with van der Waals surface area (Å²) in [6.45, 7) is 3.54. The molecule has 15 heavy (non-hydrogen) atoms. The average molecular weight is 244 g/mol. The van der Waals surface area contributed by atoms with Gasteiger partial charge in [-0.1, -0.05) is 0 Å². The van der Waals surface area contributed by atoms with Gasteiger partial charge in [-0.25, -0.2) is 8.42 Å². The van der Waals surface area contributed by atoms with Gasteiger partial charge in [-0.2, -0.15) is 5.26 Å². The molecule has 0 amide bonds. The maximum absolute atomic E-state index is 11.0. The molecule has 3 nitrogen and oxygen atoms in total. The lowest BCUT2D eigenvalue weighted by Gasteiger charge is -2.08. The van der Waals surface area contributed by atoms with Crippen molar-refractivity contribution in [3.63, 3.8) is 0 Å². The Bertz CT molecular complexity index is 506. The number of nitrogens with zero attached hydrogens (tertiary/aromatic N) is 1. The quantitative estimate of drug-likeness (QED) is 0.749. The summed E-state index contributed by atoms with van der Waals surface area (Å²) in [5.41, 5.74) is 2.75. The Labute approximate surface area is 93.7 Å². The van der Waals surface area contributed by atoms with Crippen LogP contribution in [0.25, 0.3) is 0 Å². The maximum atomic E-state index is 11.0. The second-order valence-electron chi connectivity index (χ2n) is 3.38. The fraction of sp³-hybridized carbons (Fsp3) is 0.300. The predicted octanol–water partition coefficient (Wildman–Crippen LogP) is 2.24. The maximum Gasteiger partial charge on any atom is 0.236 e. The van der Waals surface area contributed by atoms with Gasteiger partial charge in [0.25, 0.3) is 0 Å². The zero-order valence-electron chi connectivity index (χ0n) is 8.41. The van der Waals surface area contributed by atoms with E-state index in [-0.39, 0.29) is 5.75 Å². The van der Waals surface area contributed by atoms with Crippen LogP contribution in [-0.4, -0.2) is 8.42 Å². The van der Waals surface area contributed by atoms with E-state index in [0.717, 1.165) is 11.1 Å². The zero-order chi connectivity index (χ0) is 11.6. The summed E-state index contributed by atoms with van der Waals surface area (Å²) in [6.07, 6.45) is 0. The van der Waals surface area contributed by atoms with Gasteiger partial charge in [-0.15, -0.1) is 0 Å². The minimum Gasteiger partial charge on any atom is -0.212 e. The molecule has 0 aliphatic heterocycles. The van der Waals surface area contributed by atoms with Crippen LogP contribution >= 0.6 is 10.7 Å². The molecule has 0 unspecified atom stereocenters. The first-order chi connectivity index (χ1) is 6.83. The third-order valence-electron chi connectivity index (χ3n) is 2.14. The van der Waals surface area contributed by atoms with Crippen LogP contribution in [0.2, 0.25) is 0 Å². The summed E-state index contributed by atoms with van der Waals surface area (Å²) in [6, 6.07) is 5.33. The molecule has 0 aliphatic rings. The van der Waals surface area contributed by atoms with Crippen molar-refractivity contribution in [2.24, 2.45) is 0 Å². The normalized spacial score (nSPS) is 11.1. The van der Waals surface area contributed by atoms with Crippen molar-refractivity contribution < 1.29 is 8.42 Å². The molecular weight excluding hydrogens is 234 g/mol. The number of nitriles is 1. The number of halogens is 1. The van der Waals surface area contributed by atoms with Crippen LogP contribution in [0.4, 0.5) is 0 Å². The van der Waals surface area contributed by atoms with Gasteiger partial charge in [0.05, 0.1) is 17.4 Å². The van der Waals surface area contributed by atoms with Crippen LogP contribution in [0.5, 0.6) is 0 Å². The van der Waals surface area contributed by atoms with Crippen molar-refractivity contribution in [2.75, 3.05) is 0 Å². The zero-order valence-corrected chi connectivity index (χ0v) is 9.98. The Morgan fingerprint density at radius 3 is 2.13 bits per heavy atom. The summed E-state index contributed by atoms with van der Waals surface area (Å²) in [7, 11) is 1.64. The predicted molar refractivity (Wildman–Crippen MR) is 59.1 cm³/mol. The van der Waals surface area contributed by atoms with Crippen LogP contribution < -0.4 is 0 Å². The van der Waals surface area contributed by atoms with E-state index in [0.29, 0.717) is 11.1 Å². The molecule has 1 rings (SSSR count). The summed E-state index contributed by atoms with van der Waals surface area (Å²) < 4.78 is 21.9. The van der Waals surface area contributed by atoms with Gasteiger partial charge in [0, 0.05) is 10.7 Å². The number of hydrogen-bond donors (Lipinski definition) is 0. The minimum atomic E-state index is -3.55. The highest BCUT2D eigenvalue weighted by Crippen LogP contribution is 2.20. The van der Waals surface area contributed by atoms with E-state index in [1.54, 1.807) is 26.0 Å². The van der Waals surface area contributed by atoms with E-state index in [1.165, 1.54) is 0 Å². The number of benzene rings is 1. The standard InChI is InChI=1S/C10H10ClNO2S/c1-7-3-9(5-12)4-8(2)10(7)6-15(11,13)14/h3-4H,6H2,1-2H3. The topological polar surface area (TPSA) is 57.9 Å². The molecule has 0 fully saturated rings. The van der Waals surface area contributed by atoms with Gasteiger partial charge in [0.1, 0.15) is 0 Å². The molecule has 0 saturated carbocycles. The lowest BCUT2D eigenvalue weighted by atomic mass is 10.0. The van der Waals surface area contributed by atoms with Crippen LogP contribution in [0.15, 0.2) is 12.1 Å². The molecule has 0 aromatic heterocycles. The second-order valence-corrected chi connectivity index (χ2v) is 6.16. The Hall–Kier alpha value is -1.05. The summed E-state index contributed by atoms with van der Waals surface area (Å²) in [5, 5.41) is 8.72. The molecule has 0 heterocycles. The number of hydrogen-bond acceptors (Lipinski definition) is 3. The highest BCUT2D eigenvalue weighted by atomic mass is 35.7. The molecule has 0 spiro atoms. The van der Waals surface area contributed by atoms with Crippen LogP contribution in [-0.2, 0) is 14.8 Å². The van der Waals surface area contributed by atoms with Gasteiger partial charge >= 0.3 is 0 Å². The van der Waals surface area contributed by atoms with Crippen molar-refractivity contribution in [3.8, 4) is 6.07 Å². The van der Waals surface area contributed by atoms with E-state index in [4.69, 9.17) is 15.9 Å². The van der Waals surface area contributed by atoms with Crippen molar-refractivity contribution in [3.05, 3.63) is 34.4 Å². The molecule has 0 atom stereocenters. The minimum absolute atomic E-state index is 0.196. The average Bonchev–Trinajstić information content (AvgIpc) is 2.09. The smallest absolute Gasteiger partial charge is 0.212 e. The van der Waals surface area contributed by atoms with Crippen LogP contribution in [0, 0.1) is 25.2 Å². The van der Waals surface area contributed by atoms with Crippen molar-refractivity contribution in [1.29, 1.82) is 5.26 Å². The van der Waals surface area contributed by atoms with Crippen molar-refractivity contribution in [2.45, 2.75) is 19.6 Å². The molecule has 0 radical (unpaired) electrons. The summed E-state index contributed by atoms with van der Waals surface area (Å²) in [4.78, 5) is 0. The lowest BCUT2D eigenvalue weighted by molar-refractivity contribution is 0.608. The first-order valence-electron chi connectivity index (χ1n) is 4.26. The number of rotatable bonds is 2. The monoisotopic (exact) mass is 243 g/mol. The molecule has 1 aromatic rings. The highest BCUT2D eigenvalue weighted by Gasteiger charge is 2.12. The molecular formula is C10H10ClNO2S. The van der Waals surface area contributed by atoms with E-state index in [9.17, 15) is 8.42 Å². The SMILES string of the molecule is Cc1cc(C#N)cc(C)c1CS(=O)(=O)Cl. The van der Waals surface area contributed by atoms with E-state index in [2.05, 4.69) is 0 Å². The van der Waals surface area contributed by atoms with Crippen molar-refractivity contribution >= 4 is 19.7 Å². The Morgan fingerprint density at radius 1 is 1.33 bits per heavy atom. The molecule has 5 heteroatoms. The van der Waals surface area contributed by atoms with Gasteiger partial charge in [0.15, 0.2) is 0 Å². The first-order valence-corrected chi connectivity index (χ1v) is 6.74. The third kappa shape index (κ3) is 3.22. The molecule has 80 valence electrons. The molecule has 0 N–H and O–H groups in total. The lowest BCUT2D eigenvalue weighted by Crippen LogP contribution is -2.01. The Kier molecular flexibility index (Phi) is 3.38. The van der Waals surface area contributed by atoms with Crippen LogP contribution in [0.3, 0.4) is 0 Å². The Balaban J connectivity index is 3.28. The molecule has 1 aromatic carbocycles. The summed E-state index contributed by atoms with van der Waals surface area (Å²) in [5.74, 6) is -0.196. The third-order valence-corrected chi connectivity index (χ3v) is 3.10. The van der Waals surface area contributed by atoms with Gasteiger partial charge < -0.3 is 0 Å². The van der Waals surface area contributed by atoms with Gasteiger partial charge in [-0.3, -0.25) is 0 Å². The van der Waals surface area contributed by atoms with Crippen molar-refractivity contribution in [1.82, 2.24) is 0 Å². The highest BCUT2D eigenvalue weighted by molar-refractivity contribution is 8.13. The Morgan fingerprint density at radius 2 is 1.80 bits per heavy atom. The fourth-order valence-electron chi connectivity index (χ4n) is 1.46. The van der Waals surface area contributed by atoms with Crippen LogP contribution in [0.1, 0.15) is 22.3 Å². The fourth-order valence-corrected chi connectivity index (χ4v) is 2.59.